The highest BCUT2D eigenvalue weighted by Crippen LogP contribution is 2.14. The molecule has 1 aromatic rings. The zero-order valence-corrected chi connectivity index (χ0v) is 12.2. The second kappa shape index (κ2) is 8.01. The van der Waals surface area contributed by atoms with Crippen molar-refractivity contribution in [3.05, 3.63) is 35.1 Å². The molecule has 4 heteroatoms. The molecule has 0 aliphatic heterocycles. The molecule has 1 rings (SSSR count). The van der Waals surface area contributed by atoms with Crippen molar-refractivity contribution in [2.45, 2.75) is 32.5 Å². The highest BCUT2D eigenvalue weighted by atomic mass is 19.1. The van der Waals surface area contributed by atoms with Crippen molar-refractivity contribution < 1.29 is 19.0 Å². The molecule has 3 nitrogen and oxygen atoms in total. The van der Waals surface area contributed by atoms with E-state index >= 15 is 0 Å². The van der Waals surface area contributed by atoms with Crippen molar-refractivity contribution in [2.24, 2.45) is 0 Å². The molecule has 0 aliphatic carbocycles. The molecule has 0 unspecified atom stereocenters. The van der Waals surface area contributed by atoms with Gasteiger partial charge in [-0.1, -0.05) is 17.9 Å². The van der Waals surface area contributed by atoms with Crippen LogP contribution in [0.15, 0.2) is 18.2 Å². The predicted octanol–water partition coefficient (Wildman–Crippen LogP) is 2.50. The van der Waals surface area contributed by atoms with Gasteiger partial charge in [0.2, 0.25) is 0 Å². The number of hydrogen-bond donors (Lipinski definition) is 1. The number of hydrogen-bond acceptors (Lipinski definition) is 3. The fourth-order valence-electron chi connectivity index (χ4n) is 1.50. The first-order chi connectivity index (χ1) is 9.48. The largest absolute Gasteiger partial charge is 0.384 e. The summed E-state index contributed by atoms with van der Waals surface area (Å²) in [7, 11) is 1.67. The maximum atomic E-state index is 13.4. The summed E-state index contributed by atoms with van der Waals surface area (Å²) >= 11 is 0. The molecule has 0 fully saturated rings. The summed E-state index contributed by atoms with van der Waals surface area (Å²) in [5.41, 5.74) is 0.918. The zero-order valence-electron chi connectivity index (χ0n) is 12.2. The Balaban J connectivity index is 2.53. The highest BCUT2D eigenvalue weighted by Gasteiger charge is 2.15. The third-order valence-electron chi connectivity index (χ3n) is 3.00. The lowest BCUT2D eigenvalue weighted by atomic mass is 10.1. The van der Waals surface area contributed by atoms with Gasteiger partial charge in [0.05, 0.1) is 17.8 Å². The molecule has 0 radical (unpaired) electrons. The number of methoxy groups -OCH3 is 1. The second-order valence-electron chi connectivity index (χ2n) is 5.04. The Kier molecular flexibility index (Phi) is 6.66. The Labute approximate surface area is 119 Å². The van der Waals surface area contributed by atoms with Gasteiger partial charge in [-0.25, -0.2) is 4.39 Å². The van der Waals surface area contributed by atoms with Gasteiger partial charge in [0, 0.05) is 13.7 Å². The zero-order chi connectivity index (χ0) is 15.0. The van der Waals surface area contributed by atoms with Crippen molar-refractivity contribution in [3.63, 3.8) is 0 Å². The monoisotopic (exact) mass is 280 g/mol. The van der Waals surface area contributed by atoms with E-state index in [0.717, 1.165) is 12.0 Å². The minimum Gasteiger partial charge on any atom is -0.384 e. The lowest BCUT2D eigenvalue weighted by Crippen LogP contribution is -2.24. The van der Waals surface area contributed by atoms with Crippen LogP contribution in [-0.2, 0) is 16.1 Å². The number of benzene rings is 1. The molecule has 0 heterocycles. The van der Waals surface area contributed by atoms with Gasteiger partial charge in [-0.05, 0) is 38.0 Å². The van der Waals surface area contributed by atoms with E-state index in [-0.39, 0.29) is 17.8 Å². The van der Waals surface area contributed by atoms with E-state index in [0.29, 0.717) is 13.2 Å². The molecule has 1 N–H and O–H groups in total. The summed E-state index contributed by atoms with van der Waals surface area (Å²) < 4.78 is 24.3. The van der Waals surface area contributed by atoms with Crippen LogP contribution < -0.4 is 0 Å². The minimum atomic E-state index is -0.393. The summed E-state index contributed by atoms with van der Waals surface area (Å²) in [5, 5.41) is 8.63. The van der Waals surface area contributed by atoms with Gasteiger partial charge in [0.15, 0.2) is 0 Å². The number of ether oxygens (including phenoxy) is 2. The molecule has 110 valence electrons. The Morgan fingerprint density at radius 2 is 2.10 bits per heavy atom. The first-order valence-electron chi connectivity index (χ1n) is 6.49. The predicted molar refractivity (Wildman–Crippen MR) is 75.7 cm³/mol. The number of aliphatic hydroxyl groups excluding tert-OH is 1. The molecular formula is C16H21FO3. The first-order valence-corrected chi connectivity index (χ1v) is 6.49. The maximum absolute atomic E-state index is 13.4. The molecular weight excluding hydrogens is 259 g/mol. The number of aliphatic hydroxyl groups is 1. The van der Waals surface area contributed by atoms with Crippen molar-refractivity contribution in [3.8, 4) is 11.8 Å². The third-order valence-corrected chi connectivity index (χ3v) is 3.00. The molecule has 0 aliphatic rings. The molecule has 20 heavy (non-hydrogen) atoms. The van der Waals surface area contributed by atoms with Crippen LogP contribution in [0.4, 0.5) is 4.39 Å². The van der Waals surface area contributed by atoms with Crippen molar-refractivity contribution in [1.82, 2.24) is 0 Å². The van der Waals surface area contributed by atoms with E-state index < -0.39 is 5.82 Å². The Morgan fingerprint density at radius 1 is 1.35 bits per heavy atom. The summed E-state index contributed by atoms with van der Waals surface area (Å²) in [6.07, 6.45) is 0.780. The fraction of sp³-hybridized carbons (Fsp3) is 0.500. The van der Waals surface area contributed by atoms with Crippen molar-refractivity contribution in [1.29, 1.82) is 0 Å². The van der Waals surface area contributed by atoms with Crippen LogP contribution in [0, 0.1) is 17.7 Å². The molecule has 0 bridgehead atoms. The maximum Gasteiger partial charge on any atom is 0.138 e. The van der Waals surface area contributed by atoms with Crippen molar-refractivity contribution >= 4 is 0 Å². The van der Waals surface area contributed by atoms with Crippen LogP contribution in [-0.4, -0.2) is 31.0 Å². The smallest absolute Gasteiger partial charge is 0.138 e. The molecule has 0 amide bonds. The average molecular weight is 280 g/mol. The SMILES string of the molecule is COC(C)(C)CCOCc1ccc(F)c(C#CCO)c1. The molecule has 0 spiro atoms. The van der Waals surface area contributed by atoms with E-state index in [2.05, 4.69) is 11.8 Å². The Morgan fingerprint density at radius 3 is 2.75 bits per heavy atom. The average Bonchev–Trinajstić information content (AvgIpc) is 2.43. The highest BCUT2D eigenvalue weighted by molar-refractivity contribution is 5.38. The van der Waals surface area contributed by atoms with Gasteiger partial charge >= 0.3 is 0 Å². The summed E-state index contributed by atoms with van der Waals surface area (Å²) in [6.45, 7) is 4.67. The Bertz CT molecular complexity index is 486. The van der Waals surface area contributed by atoms with Gasteiger partial charge in [0.1, 0.15) is 12.4 Å². The van der Waals surface area contributed by atoms with E-state index in [1.807, 2.05) is 13.8 Å². The van der Waals surface area contributed by atoms with Crippen LogP contribution in [0.5, 0.6) is 0 Å². The molecule has 0 aromatic heterocycles. The fourth-order valence-corrected chi connectivity index (χ4v) is 1.50. The van der Waals surface area contributed by atoms with E-state index in [1.54, 1.807) is 19.2 Å². The molecule has 1 aromatic carbocycles. The molecule has 0 atom stereocenters. The van der Waals surface area contributed by atoms with Gasteiger partial charge in [-0.2, -0.15) is 0 Å². The standard InChI is InChI=1S/C16H21FO3/c1-16(2,19-3)8-10-20-12-13-6-7-15(17)14(11-13)5-4-9-18/h6-7,11,18H,8-10,12H2,1-3H3. The normalized spacial score (nSPS) is 11.1. The van der Waals surface area contributed by atoms with Crippen LogP contribution >= 0.6 is 0 Å². The first kappa shape index (κ1) is 16.6. The number of halogens is 1. The summed E-state index contributed by atoms with van der Waals surface area (Å²) in [5.74, 6) is 4.62. The minimum absolute atomic E-state index is 0.208. The topological polar surface area (TPSA) is 38.7 Å². The van der Waals surface area contributed by atoms with Crippen molar-refractivity contribution in [2.75, 3.05) is 20.3 Å². The lowest BCUT2D eigenvalue weighted by Gasteiger charge is -2.22. The van der Waals surface area contributed by atoms with E-state index in [9.17, 15) is 4.39 Å². The summed E-state index contributed by atoms with van der Waals surface area (Å²) in [6, 6.07) is 4.67. The van der Waals surface area contributed by atoms with Gasteiger partial charge in [-0.3, -0.25) is 0 Å². The quantitative estimate of drug-likeness (QED) is 0.643. The van der Waals surface area contributed by atoms with Crippen LogP contribution in [0.3, 0.4) is 0 Å². The lowest BCUT2D eigenvalue weighted by molar-refractivity contribution is -0.0124. The Hall–Kier alpha value is -1.41. The van der Waals surface area contributed by atoms with Crippen LogP contribution in [0.1, 0.15) is 31.4 Å². The third kappa shape index (κ3) is 5.70. The molecule has 0 saturated heterocycles. The van der Waals surface area contributed by atoms with E-state index in [1.165, 1.54) is 6.07 Å². The number of rotatable bonds is 6. The van der Waals surface area contributed by atoms with E-state index in [4.69, 9.17) is 14.6 Å². The summed E-state index contributed by atoms with van der Waals surface area (Å²) in [4.78, 5) is 0. The second-order valence-corrected chi connectivity index (χ2v) is 5.04. The van der Waals surface area contributed by atoms with Gasteiger partial charge in [-0.15, -0.1) is 0 Å². The van der Waals surface area contributed by atoms with Crippen LogP contribution in [0.25, 0.3) is 0 Å². The van der Waals surface area contributed by atoms with Gasteiger partial charge < -0.3 is 14.6 Å². The van der Waals surface area contributed by atoms with Crippen LogP contribution in [0.2, 0.25) is 0 Å². The van der Waals surface area contributed by atoms with Gasteiger partial charge in [0.25, 0.3) is 0 Å². The molecule has 0 saturated carbocycles.